The van der Waals surface area contributed by atoms with E-state index >= 15 is 0 Å². The monoisotopic (exact) mass is 361 g/mol. The third-order valence-corrected chi connectivity index (χ3v) is 4.25. The highest BCUT2D eigenvalue weighted by atomic mass is 35.5. The van der Waals surface area contributed by atoms with E-state index in [1.54, 1.807) is 0 Å². The maximum atomic E-state index is 12.1. The lowest BCUT2D eigenvalue weighted by atomic mass is 10.2. The topological polar surface area (TPSA) is 87.7 Å². The van der Waals surface area contributed by atoms with Gasteiger partial charge in [0, 0.05) is 31.7 Å². The summed E-state index contributed by atoms with van der Waals surface area (Å²) < 4.78 is 30.0. The first-order chi connectivity index (χ1) is 10.8. The summed E-state index contributed by atoms with van der Waals surface area (Å²) in [6.45, 7) is 4.47. The molecule has 1 amide bonds. The van der Waals surface area contributed by atoms with E-state index in [0.717, 1.165) is 39.1 Å². The molecular weight excluding hydrogens is 342 g/mol. The van der Waals surface area contributed by atoms with Crippen LogP contribution < -0.4 is 10.0 Å². The Morgan fingerprint density at radius 3 is 2.65 bits per heavy atom. The Bertz CT molecular complexity index is 660. The van der Waals surface area contributed by atoms with Gasteiger partial charge in [0.15, 0.2) is 0 Å². The third-order valence-electron chi connectivity index (χ3n) is 3.34. The fourth-order valence-electron chi connectivity index (χ4n) is 2.19. The predicted octanol–water partition coefficient (Wildman–Crippen LogP) is 0.773. The van der Waals surface area contributed by atoms with Crippen molar-refractivity contribution in [2.24, 2.45) is 0 Å². The van der Waals surface area contributed by atoms with Crippen molar-refractivity contribution < 1.29 is 17.9 Å². The number of amides is 1. The molecule has 0 spiro atoms. The average Bonchev–Trinajstić information content (AvgIpc) is 2.49. The van der Waals surface area contributed by atoms with E-state index in [1.807, 2.05) is 0 Å². The number of carbonyl (C=O) groups excluding carboxylic acids is 1. The van der Waals surface area contributed by atoms with Gasteiger partial charge in [-0.3, -0.25) is 14.4 Å². The first-order valence-electron chi connectivity index (χ1n) is 7.21. The van der Waals surface area contributed by atoms with E-state index in [-0.39, 0.29) is 16.6 Å². The molecule has 0 saturated carbocycles. The molecule has 1 aliphatic rings. The zero-order valence-electron chi connectivity index (χ0n) is 12.8. The second kappa shape index (κ2) is 7.96. The lowest BCUT2D eigenvalue weighted by Gasteiger charge is -2.26. The summed E-state index contributed by atoms with van der Waals surface area (Å²) in [5, 5.41) is 3.00. The molecule has 0 radical (unpaired) electrons. The fourth-order valence-corrected chi connectivity index (χ4v) is 3.05. The summed E-state index contributed by atoms with van der Waals surface area (Å²) in [5.74, 6) is -0.244. The van der Waals surface area contributed by atoms with Crippen molar-refractivity contribution in [2.45, 2.75) is 0 Å². The van der Waals surface area contributed by atoms with Gasteiger partial charge in [0.2, 0.25) is 10.0 Å². The van der Waals surface area contributed by atoms with Gasteiger partial charge in [-0.1, -0.05) is 11.6 Å². The number of nitrogens with one attached hydrogen (secondary N) is 2. The van der Waals surface area contributed by atoms with Crippen LogP contribution >= 0.6 is 11.6 Å². The maximum Gasteiger partial charge on any atom is 0.251 e. The van der Waals surface area contributed by atoms with Gasteiger partial charge in [-0.05, 0) is 18.2 Å². The van der Waals surface area contributed by atoms with Crippen LogP contribution in [0.5, 0.6) is 0 Å². The van der Waals surface area contributed by atoms with Crippen molar-refractivity contribution in [3.63, 3.8) is 0 Å². The van der Waals surface area contributed by atoms with Crippen LogP contribution in [0.25, 0.3) is 0 Å². The van der Waals surface area contributed by atoms with Crippen molar-refractivity contribution in [2.75, 3.05) is 50.4 Å². The number of anilines is 1. The summed E-state index contributed by atoms with van der Waals surface area (Å²) in [7, 11) is -3.41. The molecule has 2 N–H and O–H groups in total. The summed E-state index contributed by atoms with van der Waals surface area (Å²) in [6.07, 6.45) is 1.04. The Morgan fingerprint density at radius 1 is 1.35 bits per heavy atom. The lowest BCUT2D eigenvalue weighted by molar-refractivity contribution is 0.0383. The zero-order valence-corrected chi connectivity index (χ0v) is 14.4. The van der Waals surface area contributed by atoms with Gasteiger partial charge in [0.1, 0.15) is 0 Å². The summed E-state index contributed by atoms with van der Waals surface area (Å²) >= 11 is 6.01. The molecule has 1 heterocycles. The molecule has 0 bridgehead atoms. The number of rotatable bonds is 6. The molecular formula is C14H20ClN3O4S. The van der Waals surface area contributed by atoms with Crippen molar-refractivity contribution in [3.8, 4) is 0 Å². The second-order valence-corrected chi connectivity index (χ2v) is 7.43. The number of halogens is 1. The summed E-state index contributed by atoms with van der Waals surface area (Å²) in [6, 6.07) is 4.45. The standard InChI is InChI=1S/C14H20ClN3O4S/c1-23(20,21)17-13-3-2-11(10-12(13)15)14(19)16-4-5-18-6-8-22-9-7-18/h2-3,10,17H,4-9H2,1H3,(H,16,19). The first kappa shape index (κ1) is 18.0. The minimum atomic E-state index is -3.41. The number of morpholine rings is 1. The Morgan fingerprint density at radius 2 is 2.04 bits per heavy atom. The van der Waals surface area contributed by atoms with Gasteiger partial charge in [0.05, 0.1) is 30.2 Å². The smallest absolute Gasteiger partial charge is 0.251 e. The van der Waals surface area contributed by atoms with Gasteiger partial charge in [0.25, 0.3) is 5.91 Å². The number of sulfonamides is 1. The quantitative estimate of drug-likeness (QED) is 0.781. The van der Waals surface area contributed by atoms with Crippen LogP contribution in [0, 0.1) is 0 Å². The normalized spacial score (nSPS) is 16.1. The van der Waals surface area contributed by atoms with Crippen LogP contribution in [0.3, 0.4) is 0 Å². The molecule has 9 heteroatoms. The molecule has 1 aromatic carbocycles. The molecule has 128 valence electrons. The molecule has 2 rings (SSSR count). The molecule has 1 aliphatic heterocycles. The van der Waals surface area contributed by atoms with Crippen LogP contribution in [-0.4, -0.2) is 64.9 Å². The summed E-state index contributed by atoms with van der Waals surface area (Å²) in [4.78, 5) is 14.3. The third kappa shape index (κ3) is 5.98. The zero-order chi connectivity index (χ0) is 16.9. The average molecular weight is 362 g/mol. The van der Waals surface area contributed by atoms with Gasteiger partial charge >= 0.3 is 0 Å². The van der Waals surface area contributed by atoms with E-state index in [1.165, 1.54) is 18.2 Å². The Kier molecular flexibility index (Phi) is 6.23. The number of carbonyl (C=O) groups is 1. The van der Waals surface area contributed by atoms with Gasteiger partial charge in [-0.2, -0.15) is 0 Å². The first-order valence-corrected chi connectivity index (χ1v) is 9.48. The highest BCUT2D eigenvalue weighted by Crippen LogP contribution is 2.23. The van der Waals surface area contributed by atoms with E-state index in [4.69, 9.17) is 16.3 Å². The van der Waals surface area contributed by atoms with Crippen LogP contribution in [-0.2, 0) is 14.8 Å². The number of nitrogens with zero attached hydrogens (tertiary/aromatic N) is 1. The SMILES string of the molecule is CS(=O)(=O)Nc1ccc(C(=O)NCCN2CCOCC2)cc1Cl. The molecule has 23 heavy (non-hydrogen) atoms. The molecule has 0 aliphatic carbocycles. The van der Waals surface area contributed by atoms with Crippen molar-refractivity contribution in [1.82, 2.24) is 10.2 Å². The Balaban J connectivity index is 1.88. The minimum Gasteiger partial charge on any atom is -0.379 e. The van der Waals surface area contributed by atoms with Gasteiger partial charge in [-0.25, -0.2) is 8.42 Å². The second-order valence-electron chi connectivity index (χ2n) is 5.28. The van der Waals surface area contributed by atoms with E-state index < -0.39 is 10.0 Å². The predicted molar refractivity (Wildman–Crippen MR) is 89.5 cm³/mol. The maximum absolute atomic E-state index is 12.1. The van der Waals surface area contributed by atoms with E-state index in [0.29, 0.717) is 12.1 Å². The molecule has 7 nitrogen and oxygen atoms in total. The highest BCUT2D eigenvalue weighted by Gasteiger charge is 2.13. The minimum absolute atomic E-state index is 0.177. The van der Waals surface area contributed by atoms with Crippen LogP contribution in [0.2, 0.25) is 5.02 Å². The molecule has 0 unspecified atom stereocenters. The molecule has 0 atom stereocenters. The van der Waals surface area contributed by atoms with Crippen LogP contribution in [0.15, 0.2) is 18.2 Å². The van der Waals surface area contributed by atoms with Crippen molar-refractivity contribution in [1.29, 1.82) is 0 Å². The molecule has 1 fully saturated rings. The van der Waals surface area contributed by atoms with Gasteiger partial charge in [-0.15, -0.1) is 0 Å². The van der Waals surface area contributed by atoms with Crippen LogP contribution in [0.4, 0.5) is 5.69 Å². The lowest BCUT2D eigenvalue weighted by Crippen LogP contribution is -2.41. The Labute approximate surface area is 141 Å². The van der Waals surface area contributed by atoms with E-state index in [2.05, 4.69) is 14.9 Å². The van der Waals surface area contributed by atoms with E-state index in [9.17, 15) is 13.2 Å². The number of benzene rings is 1. The number of hydrogen-bond donors (Lipinski definition) is 2. The highest BCUT2D eigenvalue weighted by molar-refractivity contribution is 7.92. The number of ether oxygens (including phenoxy) is 1. The largest absolute Gasteiger partial charge is 0.379 e. The van der Waals surface area contributed by atoms with Gasteiger partial charge < -0.3 is 10.1 Å². The number of hydrogen-bond acceptors (Lipinski definition) is 5. The van der Waals surface area contributed by atoms with Crippen LogP contribution in [0.1, 0.15) is 10.4 Å². The van der Waals surface area contributed by atoms with Crippen molar-refractivity contribution in [3.05, 3.63) is 28.8 Å². The molecule has 1 saturated heterocycles. The summed E-state index contributed by atoms with van der Waals surface area (Å²) in [5.41, 5.74) is 0.634. The molecule has 1 aromatic rings. The molecule has 0 aromatic heterocycles. The Hall–Kier alpha value is -1.35. The van der Waals surface area contributed by atoms with Crippen molar-refractivity contribution >= 4 is 33.2 Å². The fraction of sp³-hybridized carbons (Fsp3) is 0.500.